The predicted molar refractivity (Wildman–Crippen MR) is 55.0 cm³/mol. The van der Waals surface area contributed by atoms with Crippen LogP contribution in [-0.2, 0) is 4.74 Å². The number of nitrogens with one attached hydrogen (secondary N) is 2. The van der Waals surface area contributed by atoms with Crippen molar-refractivity contribution < 1.29 is 4.74 Å². The van der Waals surface area contributed by atoms with Crippen LogP contribution in [0, 0.1) is 0 Å². The summed E-state index contributed by atoms with van der Waals surface area (Å²) < 4.78 is 5.74. The molecule has 1 aliphatic rings. The minimum absolute atomic E-state index is 0.108. The van der Waals surface area contributed by atoms with Gasteiger partial charge in [-0.05, 0) is 20.3 Å². The van der Waals surface area contributed by atoms with E-state index in [1.54, 1.807) is 0 Å². The van der Waals surface area contributed by atoms with Crippen molar-refractivity contribution in [3.8, 4) is 0 Å². The molecule has 1 atom stereocenters. The van der Waals surface area contributed by atoms with Gasteiger partial charge in [-0.2, -0.15) is 0 Å². The standard InChI is InChI=1S/C10H22N2O/c1-4-9(2)12-5-6-13-10(3)7-11-8-10/h9,11-12H,4-8H2,1-3H3. The minimum Gasteiger partial charge on any atom is -0.371 e. The Hall–Kier alpha value is -0.120. The van der Waals surface area contributed by atoms with Crippen LogP contribution in [0.1, 0.15) is 27.2 Å². The van der Waals surface area contributed by atoms with Gasteiger partial charge in [0.2, 0.25) is 0 Å². The maximum absolute atomic E-state index is 5.74. The summed E-state index contributed by atoms with van der Waals surface area (Å²) in [7, 11) is 0. The van der Waals surface area contributed by atoms with Crippen LogP contribution in [0.2, 0.25) is 0 Å². The first-order chi connectivity index (χ1) is 6.16. The van der Waals surface area contributed by atoms with Crippen molar-refractivity contribution in [1.82, 2.24) is 10.6 Å². The summed E-state index contributed by atoms with van der Waals surface area (Å²) in [6.07, 6.45) is 1.18. The van der Waals surface area contributed by atoms with E-state index < -0.39 is 0 Å². The van der Waals surface area contributed by atoms with E-state index >= 15 is 0 Å². The number of hydrogen-bond donors (Lipinski definition) is 2. The predicted octanol–water partition coefficient (Wildman–Crippen LogP) is 0.753. The molecular formula is C10H22N2O. The van der Waals surface area contributed by atoms with E-state index in [1.807, 2.05) is 0 Å². The molecule has 2 N–H and O–H groups in total. The van der Waals surface area contributed by atoms with E-state index in [4.69, 9.17) is 4.74 Å². The van der Waals surface area contributed by atoms with E-state index in [-0.39, 0.29) is 5.60 Å². The summed E-state index contributed by atoms with van der Waals surface area (Å²) >= 11 is 0. The Balaban J connectivity index is 1.94. The third kappa shape index (κ3) is 3.63. The Bertz CT molecular complexity index is 146. The molecule has 0 aromatic heterocycles. The summed E-state index contributed by atoms with van der Waals surface area (Å²) in [5, 5.41) is 6.62. The molecule has 1 rings (SSSR count). The number of ether oxygens (including phenoxy) is 1. The van der Waals surface area contributed by atoms with Crippen molar-refractivity contribution in [3.05, 3.63) is 0 Å². The monoisotopic (exact) mass is 186 g/mol. The Morgan fingerprint density at radius 2 is 2.23 bits per heavy atom. The van der Waals surface area contributed by atoms with Gasteiger partial charge in [0.15, 0.2) is 0 Å². The molecule has 0 amide bonds. The molecular weight excluding hydrogens is 164 g/mol. The smallest absolute Gasteiger partial charge is 0.0902 e. The summed E-state index contributed by atoms with van der Waals surface area (Å²) in [5.41, 5.74) is 0.108. The van der Waals surface area contributed by atoms with Gasteiger partial charge in [-0.3, -0.25) is 0 Å². The van der Waals surface area contributed by atoms with Gasteiger partial charge in [-0.1, -0.05) is 6.92 Å². The normalized spacial score (nSPS) is 22.4. The van der Waals surface area contributed by atoms with E-state index in [2.05, 4.69) is 31.4 Å². The molecule has 0 bridgehead atoms. The second kappa shape index (κ2) is 4.94. The molecule has 1 fully saturated rings. The van der Waals surface area contributed by atoms with Gasteiger partial charge in [0.25, 0.3) is 0 Å². The first-order valence-corrected chi connectivity index (χ1v) is 5.24. The number of rotatable bonds is 6. The topological polar surface area (TPSA) is 33.3 Å². The van der Waals surface area contributed by atoms with Crippen molar-refractivity contribution >= 4 is 0 Å². The lowest BCUT2D eigenvalue weighted by Gasteiger charge is -2.39. The zero-order valence-electron chi connectivity index (χ0n) is 9.02. The molecule has 0 spiro atoms. The zero-order valence-corrected chi connectivity index (χ0v) is 9.02. The summed E-state index contributed by atoms with van der Waals surface area (Å²) in [4.78, 5) is 0. The second-order valence-corrected chi connectivity index (χ2v) is 4.17. The lowest BCUT2D eigenvalue weighted by Crippen LogP contribution is -2.59. The average Bonchev–Trinajstić information content (AvgIpc) is 2.09. The summed E-state index contributed by atoms with van der Waals surface area (Å²) in [5.74, 6) is 0. The van der Waals surface area contributed by atoms with Gasteiger partial charge >= 0.3 is 0 Å². The lowest BCUT2D eigenvalue weighted by atomic mass is 10.0. The average molecular weight is 186 g/mol. The molecule has 1 saturated heterocycles. The second-order valence-electron chi connectivity index (χ2n) is 4.17. The third-order valence-electron chi connectivity index (χ3n) is 2.66. The SMILES string of the molecule is CCC(C)NCCOC1(C)CNC1. The number of hydrogen-bond acceptors (Lipinski definition) is 3. The minimum atomic E-state index is 0.108. The Kier molecular flexibility index (Phi) is 4.16. The van der Waals surface area contributed by atoms with E-state index in [1.165, 1.54) is 6.42 Å². The van der Waals surface area contributed by atoms with Crippen LogP contribution in [0.25, 0.3) is 0 Å². The van der Waals surface area contributed by atoms with Crippen LogP contribution in [0.4, 0.5) is 0 Å². The lowest BCUT2D eigenvalue weighted by molar-refractivity contribution is -0.0652. The molecule has 0 aromatic carbocycles. The molecule has 1 heterocycles. The molecule has 0 saturated carbocycles. The van der Waals surface area contributed by atoms with Gasteiger partial charge in [0.1, 0.15) is 0 Å². The Morgan fingerprint density at radius 3 is 2.69 bits per heavy atom. The fourth-order valence-electron chi connectivity index (χ4n) is 1.33. The molecule has 1 aliphatic heterocycles. The van der Waals surface area contributed by atoms with Gasteiger partial charge in [0.05, 0.1) is 12.2 Å². The maximum Gasteiger partial charge on any atom is 0.0902 e. The molecule has 13 heavy (non-hydrogen) atoms. The van der Waals surface area contributed by atoms with Gasteiger partial charge in [-0.25, -0.2) is 0 Å². The first-order valence-electron chi connectivity index (χ1n) is 5.24. The molecule has 3 nitrogen and oxygen atoms in total. The highest BCUT2D eigenvalue weighted by molar-refractivity contribution is 4.90. The van der Waals surface area contributed by atoms with Crippen LogP contribution in [-0.4, -0.2) is 37.9 Å². The van der Waals surface area contributed by atoms with Crippen molar-refractivity contribution in [3.63, 3.8) is 0 Å². The van der Waals surface area contributed by atoms with Crippen molar-refractivity contribution in [1.29, 1.82) is 0 Å². The van der Waals surface area contributed by atoms with Crippen LogP contribution >= 0.6 is 0 Å². The molecule has 78 valence electrons. The Morgan fingerprint density at radius 1 is 1.54 bits per heavy atom. The summed E-state index contributed by atoms with van der Waals surface area (Å²) in [6, 6.07) is 0.607. The maximum atomic E-state index is 5.74. The zero-order chi connectivity index (χ0) is 9.73. The highest BCUT2D eigenvalue weighted by Crippen LogP contribution is 2.14. The van der Waals surface area contributed by atoms with Gasteiger partial charge in [0, 0.05) is 25.7 Å². The van der Waals surface area contributed by atoms with Crippen LogP contribution in [0.15, 0.2) is 0 Å². The molecule has 1 unspecified atom stereocenters. The third-order valence-corrected chi connectivity index (χ3v) is 2.66. The van der Waals surface area contributed by atoms with Crippen LogP contribution in [0.3, 0.4) is 0 Å². The van der Waals surface area contributed by atoms with Crippen molar-refractivity contribution in [2.75, 3.05) is 26.2 Å². The van der Waals surface area contributed by atoms with Gasteiger partial charge in [-0.15, -0.1) is 0 Å². The molecule has 3 heteroatoms. The van der Waals surface area contributed by atoms with Crippen molar-refractivity contribution in [2.45, 2.75) is 38.8 Å². The van der Waals surface area contributed by atoms with E-state index in [0.29, 0.717) is 6.04 Å². The van der Waals surface area contributed by atoms with E-state index in [0.717, 1.165) is 26.2 Å². The fourth-order valence-corrected chi connectivity index (χ4v) is 1.33. The van der Waals surface area contributed by atoms with Crippen LogP contribution < -0.4 is 10.6 Å². The highest BCUT2D eigenvalue weighted by Gasteiger charge is 2.31. The first kappa shape index (κ1) is 11.0. The highest BCUT2D eigenvalue weighted by atomic mass is 16.5. The fraction of sp³-hybridized carbons (Fsp3) is 1.00. The molecule has 0 aromatic rings. The summed E-state index contributed by atoms with van der Waals surface area (Å²) in [6.45, 7) is 10.3. The van der Waals surface area contributed by atoms with Gasteiger partial charge < -0.3 is 15.4 Å². The molecule has 0 radical (unpaired) electrons. The van der Waals surface area contributed by atoms with E-state index in [9.17, 15) is 0 Å². The van der Waals surface area contributed by atoms with Crippen LogP contribution in [0.5, 0.6) is 0 Å². The van der Waals surface area contributed by atoms with Crippen molar-refractivity contribution in [2.24, 2.45) is 0 Å². The Labute approximate surface area is 81.2 Å². The quantitative estimate of drug-likeness (QED) is 0.601. The largest absolute Gasteiger partial charge is 0.371 e. The molecule has 0 aliphatic carbocycles.